The van der Waals surface area contributed by atoms with Crippen molar-refractivity contribution in [2.45, 2.75) is 38.1 Å². The van der Waals surface area contributed by atoms with Crippen LogP contribution in [0.5, 0.6) is 0 Å². The normalized spacial score (nSPS) is 14.7. The van der Waals surface area contributed by atoms with Gasteiger partial charge in [0.25, 0.3) is 5.91 Å². The SMILES string of the molecule is CC(N)CC(N)N/C(=N\C(=O)c1ccc(F)c(F)c1)NCCC(F)(F)F. The Balaban J connectivity index is 2.90. The lowest BCUT2D eigenvalue weighted by atomic mass is 10.2. The average Bonchev–Trinajstić information content (AvgIpc) is 2.47. The Kier molecular flexibility index (Phi) is 7.90. The molecule has 1 aromatic carbocycles. The highest BCUT2D eigenvalue weighted by Gasteiger charge is 2.26. The van der Waals surface area contributed by atoms with Crippen LogP contribution in [0.4, 0.5) is 22.0 Å². The Hall–Kier alpha value is -2.27. The molecule has 0 fully saturated rings. The highest BCUT2D eigenvalue weighted by Crippen LogP contribution is 2.18. The van der Waals surface area contributed by atoms with Crippen LogP contribution in [-0.4, -0.2) is 36.8 Å². The van der Waals surface area contributed by atoms with Crippen molar-refractivity contribution in [3.8, 4) is 0 Å². The Morgan fingerprint density at radius 2 is 1.88 bits per heavy atom. The van der Waals surface area contributed by atoms with Gasteiger partial charge in [-0.25, -0.2) is 8.78 Å². The van der Waals surface area contributed by atoms with Crippen molar-refractivity contribution in [1.29, 1.82) is 0 Å². The quantitative estimate of drug-likeness (QED) is 0.259. The second-order valence-corrected chi connectivity index (χ2v) is 5.65. The molecule has 0 aromatic heterocycles. The number of rotatable bonds is 6. The van der Waals surface area contributed by atoms with Crippen LogP contribution in [0.1, 0.15) is 30.1 Å². The zero-order chi connectivity index (χ0) is 19.9. The molecule has 0 saturated carbocycles. The van der Waals surface area contributed by atoms with Crippen LogP contribution in [0.25, 0.3) is 0 Å². The first-order chi connectivity index (χ1) is 12.0. The first kappa shape index (κ1) is 21.8. The maximum atomic E-state index is 13.2. The van der Waals surface area contributed by atoms with Crippen molar-refractivity contribution in [2.75, 3.05) is 6.54 Å². The molecule has 0 radical (unpaired) electrons. The smallest absolute Gasteiger partial charge is 0.356 e. The molecule has 1 aromatic rings. The minimum Gasteiger partial charge on any atom is -0.356 e. The number of alkyl halides is 3. The fraction of sp³-hybridized carbons (Fsp3) is 0.467. The lowest BCUT2D eigenvalue weighted by Crippen LogP contribution is -2.50. The highest BCUT2D eigenvalue weighted by atomic mass is 19.4. The molecule has 11 heteroatoms. The summed E-state index contributed by atoms with van der Waals surface area (Å²) < 4.78 is 62.9. The summed E-state index contributed by atoms with van der Waals surface area (Å²) >= 11 is 0. The number of nitrogens with two attached hydrogens (primary N) is 2. The van der Waals surface area contributed by atoms with Gasteiger partial charge in [-0.15, -0.1) is 0 Å². The van der Waals surface area contributed by atoms with E-state index in [1.54, 1.807) is 6.92 Å². The molecule has 0 spiro atoms. The van der Waals surface area contributed by atoms with Gasteiger partial charge in [0.1, 0.15) is 0 Å². The molecule has 0 bridgehead atoms. The number of aliphatic imine (C=N–C) groups is 1. The van der Waals surface area contributed by atoms with Crippen molar-refractivity contribution in [1.82, 2.24) is 10.6 Å². The zero-order valence-electron chi connectivity index (χ0n) is 13.9. The van der Waals surface area contributed by atoms with Gasteiger partial charge in [0.05, 0.1) is 12.6 Å². The summed E-state index contributed by atoms with van der Waals surface area (Å²) in [6.07, 6.45) is -6.12. The Bertz CT molecular complexity index is 648. The lowest BCUT2D eigenvalue weighted by molar-refractivity contribution is -0.132. The minimum atomic E-state index is -4.41. The number of hydrogen-bond donors (Lipinski definition) is 4. The van der Waals surface area contributed by atoms with Crippen molar-refractivity contribution < 1.29 is 26.7 Å². The molecule has 146 valence electrons. The highest BCUT2D eigenvalue weighted by molar-refractivity contribution is 6.02. The molecule has 1 rings (SSSR count). The number of amides is 1. The topological polar surface area (TPSA) is 106 Å². The number of benzene rings is 1. The first-order valence-electron chi connectivity index (χ1n) is 7.64. The summed E-state index contributed by atoms with van der Waals surface area (Å²) in [5.41, 5.74) is 11.0. The predicted octanol–water partition coefficient (Wildman–Crippen LogP) is 1.61. The predicted molar refractivity (Wildman–Crippen MR) is 86.2 cm³/mol. The lowest BCUT2D eigenvalue weighted by Gasteiger charge is -2.19. The summed E-state index contributed by atoms with van der Waals surface area (Å²) in [5, 5.41) is 4.86. The monoisotopic (exact) mass is 381 g/mol. The fourth-order valence-electron chi connectivity index (χ4n) is 1.88. The minimum absolute atomic E-state index is 0.249. The van der Waals surface area contributed by atoms with E-state index in [-0.39, 0.29) is 24.0 Å². The van der Waals surface area contributed by atoms with Crippen molar-refractivity contribution in [2.24, 2.45) is 16.5 Å². The maximum Gasteiger partial charge on any atom is 0.390 e. The van der Waals surface area contributed by atoms with Gasteiger partial charge in [0.15, 0.2) is 11.6 Å². The summed E-state index contributed by atoms with van der Waals surface area (Å²) in [5.74, 6) is -3.71. The van der Waals surface area contributed by atoms with Gasteiger partial charge in [-0.3, -0.25) is 4.79 Å². The standard InChI is InChI=1S/C15H20F5N5O/c1-8(21)6-12(22)24-14(23-5-4-15(18,19)20)25-13(26)9-2-3-10(16)11(17)7-9/h2-3,7-8,12H,4-6,21-22H2,1H3,(H2,23,24,25,26). The van der Waals surface area contributed by atoms with Gasteiger partial charge in [-0.1, -0.05) is 0 Å². The summed E-state index contributed by atoms with van der Waals surface area (Å²) in [6, 6.07) is 2.07. The molecule has 6 nitrogen and oxygen atoms in total. The second kappa shape index (κ2) is 9.43. The molecule has 6 N–H and O–H groups in total. The summed E-state index contributed by atoms with van der Waals surface area (Å²) in [7, 11) is 0. The van der Waals surface area contributed by atoms with Crippen LogP contribution < -0.4 is 22.1 Å². The van der Waals surface area contributed by atoms with Gasteiger partial charge in [0.2, 0.25) is 5.96 Å². The number of halogens is 5. The summed E-state index contributed by atoms with van der Waals surface area (Å²) in [6.45, 7) is 1.10. The van der Waals surface area contributed by atoms with Crippen LogP contribution in [0.2, 0.25) is 0 Å². The van der Waals surface area contributed by atoms with Crippen LogP contribution >= 0.6 is 0 Å². The molecule has 0 saturated heterocycles. The first-order valence-corrected chi connectivity index (χ1v) is 7.64. The molecule has 0 aliphatic carbocycles. The second-order valence-electron chi connectivity index (χ2n) is 5.65. The van der Waals surface area contributed by atoms with Gasteiger partial charge in [-0.05, 0) is 31.5 Å². The number of nitrogens with one attached hydrogen (secondary N) is 2. The molecule has 0 aliphatic heterocycles. The van der Waals surface area contributed by atoms with E-state index in [1.165, 1.54) is 0 Å². The number of hydrogen-bond acceptors (Lipinski definition) is 3. The van der Waals surface area contributed by atoms with Crippen molar-refractivity contribution in [3.05, 3.63) is 35.4 Å². The molecular weight excluding hydrogens is 361 g/mol. The molecular formula is C15H20F5N5O. The Morgan fingerprint density at radius 3 is 2.42 bits per heavy atom. The van der Waals surface area contributed by atoms with Crippen LogP contribution in [0.3, 0.4) is 0 Å². The summed E-state index contributed by atoms with van der Waals surface area (Å²) in [4.78, 5) is 15.6. The molecule has 2 unspecified atom stereocenters. The van der Waals surface area contributed by atoms with Gasteiger partial charge >= 0.3 is 6.18 Å². The van der Waals surface area contributed by atoms with E-state index in [4.69, 9.17) is 11.5 Å². The molecule has 2 atom stereocenters. The molecule has 1 amide bonds. The Morgan fingerprint density at radius 1 is 1.23 bits per heavy atom. The maximum absolute atomic E-state index is 13.2. The van der Waals surface area contributed by atoms with E-state index in [2.05, 4.69) is 15.6 Å². The van der Waals surface area contributed by atoms with Gasteiger partial charge < -0.3 is 22.1 Å². The number of carbonyl (C=O) groups is 1. The molecule has 0 heterocycles. The largest absolute Gasteiger partial charge is 0.390 e. The van der Waals surface area contributed by atoms with Crippen molar-refractivity contribution >= 4 is 11.9 Å². The Labute approximate surface area is 146 Å². The number of guanidine groups is 1. The van der Waals surface area contributed by atoms with E-state index in [9.17, 15) is 26.7 Å². The molecule has 0 aliphatic rings. The number of nitrogens with zero attached hydrogens (tertiary/aromatic N) is 1. The van der Waals surface area contributed by atoms with Crippen LogP contribution in [0.15, 0.2) is 23.2 Å². The van der Waals surface area contributed by atoms with Crippen molar-refractivity contribution in [3.63, 3.8) is 0 Å². The van der Waals surface area contributed by atoms with E-state index in [1.807, 2.05) is 0 Å². The fourth-order valence-corrected chi connectivity index (χ4v) is 1.88. The average molecular weight is 381 g/mol. The van der Waals surface area contributed by atoms with E-state index >= 15 is 0 Å². The van der Waals surface area contributed by atoms with Crippen LogP contribution in [-0.2, 0) is 0 Å². The van der Waals surface area contributed by atoms with E-state index in [0.717, 1.165) is 12.1 Å². The third-order valence-corrected chi connectivity index (χ3v) is 3.03. The number of carbonyl (C=O) groups excluding carboxylic acids is 1. The van der Waals surface area contributed by atoms with Gasteiger partial charge in [-0.2, -0.15) is 18.2 Å². The molecule has 26 heavy (non-hydrogen) atoms. The van der Waals surface area contributed by atoms with E-state index < -0.39 is 42.8 Å². The van der Waals surface area contributed by atoms with Gasteiger partial charge in [0, 0.05) is 18.2 Å². The van der Waals surface area contributed by atoms with Crippen LogP contribution in [0, 0.1) is 11.6 Å². The third-order valence-electron chi connectivity index (χ3n) is 3.03. The zero-order valence-corrected chi connectivity index (χ0v) is 13.9. The third kappa shape index (κ3) is 8.21. The van der Waals surface area contributed by atoms with E-state index in [0.29, 0.717) is 6.07 Å².